The highest BCUT2D eigenvalue weighted by Gasteiger charge is 2.48. The Bertz CT molecular complexity index is 281. The summed E-state index contributed by atoms with van der Waals surface area (Å²) in [6, 6.07) is 0. The van der Waals surface area contributed by atoms with Gasteiger partial charge in [-0.05, 0) is 26.2 Å². The molecule has 1 atom stereocenters. The molecule has 3 N–H and O–H groups in total. The predicted octanol–water partition coefficient (Wildman–Crippen LogP) is 0.128. The Labute approximate surface area is 88.5 Å². The summed E-state index contributed by atoms with van der Waals surface area (Å²) in [4.78, 5) is 22.2. The number of carbonyl (C=O) groups excluding carboxylic acids is 1. The molecule has 5 heteroatoms. The first kappa shape index (κ1) is 12.0. The van der Waals surface area contributed by atoms with E-state index in [-0.39, 0.29) is 17.9 Å². The third kappa shape index (κ3) is 2.47. The number of nitrogens with one attached hydrogen (secondary N) is 1. The van der Waals surface area contributed by atoms with Crippen molar-refractivity contribution >= 4 is 11.9 Å². The molecule has 1 rings (SSSR count). The van der Waals surface area contributed by atoms with E-state index in [1.54, 1.807) is 0 Å². The van der Waals surface area contributed by atoms with E-state index in [1.807, 2.05) is 6.92 Å². The van der Waals surface area contributed by atoms with Gasteiger partial charge in [-0.3, -0.25) is 4.79 Å². The van der Waals surface area contributed by atoms with E-state index in [2.05, 4.69) is 5.32 Å². The Kier molecular flexibility index (Phi) is 3.04. The number of rotatable bonds is 5. The minimum Gasteiger partial charge on any atom is -0.479 e. The third-order valence-corrected chi connectivity index (χ3v) is 3.07. The third-order valence-electron chi connectivity index (χ3n) is 3.07. The predicted molar refractivity (Wildman–Crippen MR) is 53.2 cm³/mol. The summed E-state index contributed by atoms with van der Waals surface area (Å²) >= 11 is 0. The van der Waals surface area contributed by atoms with Gasteiger partial charge in [0.2, 0.25) is 5.91 Å². The first-order valence-corrected chi connectivity index (χ1v) is 5.08. The number of hydrogen-bond acceptors (Lipinski definition) is 3. The number of carboxylic acid groups (broad SMARTS) is 1. The molecule has 0 spiro atoms. The lowest BCUT2D eigenvalue weighted by Crippen LogP contribution is -2.48. The standard InChI is InChI=1S/C10H17NO4/c1-3-10(4-5-10)7(12)11-6-9(2,15)8(13)14/h15H,3-6H2,1-2H3,(H,11,12)(H,13,14). The van der Waals surface area contributed by atoms with Crippen molar-refractivity contribution in [3.63, 3.8) is 0 Å². The highest BCUT2D eigenvalue weighted by Crippen LogP contribution is 2.48. The van der Waals surface area contributed by atoms with Gasteiger partial charge in [0.25, 0.3) is 0 Å². The molecule has 1 amide bonds. The molecule has 0 heterocycles. The molecule has 0 aromatic heterocycles. The number of aliphatic hydroxyl groups is 1. The van der Waals surface area contributed by atoms with Crippen LogP contribution in [0, 0.1) is 5.41 Å². The van der Waals surface area contributed by atoms with E-state index >= 15 is 0 Å². The van der Waals surface area contributed by atoms with E-state index < -0.39 is 11.6 Å². The minimum absolute atomic E-state index is 0.147. The molecule has 0 aliphatic heterocycles. The van der Waals surface area contributed by atoms with Gasteiger partial charge in [0.15, 0.2) is 5.60 Å². The van der Waals surface area contributed by atoms with Crippen molar-refractivity contribution in [1.29, 1.82) is 0 Å². The molecule has 86 valence electrons. The molecular formula is C10H17NO4. The molecule has 1 unspecified atom stereocenters. The van der Waals surface area contributed by atoms with Crippen molar-refractivity contribution in [1.82, 2.24) is 5.32 Å². The van der Waals surface area contributed by atoms with E-state index in [4.69, 9.17) is 5.11 Å². The van der Waals surface area contributed by atoms with Crippen LogP contribution in [0.1, 0.15) is 33.1 Å². The fourth-order valence-corrected chi connectivity index (χ4v) is 1.41. The van der Waals surface area contributed by atoms with E-state index in [9.17, 15) is 14.7 Å². The fourth-order valence-electron chi connectivity index (χ4n) is 1.41. The molecule has 0 bridgehead atoms. The summed E-state index contributed by atoms with van der Waals surface area (Å²) in [5, 5.41) is 20.5. The van der Waals surface area contributed by atoms with Crippen molar-refractivity contribution in [2.75, 3.05) is 6.54 Å². The van der Waals surface area contributed by atoms with Crippen LogP contribution in [0.25, 0.3) is 0 Å². The number of aliphatic carboxylic acids is 1. The number of amides is 1. The number of carbonyl (C=O) groups is 2. The summed E-state index contributed by atoms with van der Waals surface area (Å²) in [5.74, 6) is -1.48. The summed E-state index contributed by atoms with van der Waals surface area (Å²) in [6.45, 7) is 2.85. The van der Waals surface area contributed by atoms with E-state index in [1.165, 1.54) is 6.92 Å². The van der Waals surface area contributed by atoms with Gasteiger partial charge in [-0.25, -0.2) is 4.79 Å². The van der Waals surface area contributed by atoms with Crippen molar-refractivity contribution in [3.05, 3.63) is 0 Å². The maximum absolute atomic E-state index is 11.6. The van der Waals surface area contributed by atoms with Crippen molar-refractivity contribution < 1.29 is 19.8 Å². The highest BCUT2D eigenvalue weighted by atomic mass is 16.4. The summed E-state index contributed by atoms with van der Waals surface area (Å²) < 4.78 is 0. The molecule has 0 radical (unpaired) electrons. The summed E-state index contributed by atoms with van der Waals surface area (Å²) in [6.07, 6.45) is 2.46. The monoisotopic (exact) mass is 215 g/mol. The van der Waals surface area contributed by atoms with Crippen molar-refractivity contribution in [2.45, 2.75) is 38.7 Å². The van der Waals surface area contributed by atoms with Crippen LogP contribution in [0.4, 0.5) is 0 Å². The Morgan fingerprint density at radius 3 is 2.33 bits per heavy atom. The molecule has 1 fully saturated rings. The molecule has 1 saturated carbocycles. The van der Waals surface area contributed by atoms with Crippen LogP contribution in [0.3, 0.4) is 0 Å². The van der Waals surface area contributed by atoms with Crippen LogP contribution in [0.2, 0.25) is 0 Å². The number of carboxylic acids is 1. The van der Waals surface area contributed by atoms with Crippen LogP contribution < -0.4 is 5.32 Å². The number of hydrogen-bond donors (Lipinski definition) is 3. The molecule has 1 aliphatic rings. The van der Waals surface area contributed by atoms with Crippen LogP contribution in [-0.2, 0) is 9.59 Å². The molecular weight excluding hydrogens is 198 g/mol. The highest BCUT2D eigenvalue weighted by molar-refractivity contribution is 5.86. The molecule has 5 nitrogen and oxygen atoms in total. The van der Waals surface area contributed by atoms with Crippen molar-refractivity contribution in [2.24, 2.45) is 5.41 Å². The Hall–Kier alpha value is -1.10. The maximum Gasteiger partial charge on any atom is 0.337 e. The SMILES string of the molecule is CCC1(C(=O)NCC(C)(O)C(=O)O)CC1. The van der Waals surface area contributed by atoms with Gasteiger partial charge in [-0.1, -0.05) is 6.92 Å². The van der Waals surface area contributed by atoms with Gasteiger partial charge in [0, 0.05) is 5.41 Å². The molecule has 15 heavy (non-hydrogen) atoms. The molecule has 0 aromatic rings. The Morgan fingerprint density at radius 2 is 2.00 bits per heavy atom. The second kappa shape index (κ2) is 3.81. The maximum atomic E-state index is 11.6. The quantitative estimate of drug-likeness (QED) is 0.608. The lowest BCUT2D eigenvalue weighted by molar-refractivity contribution is -0.156. The minimum atomic E-state index is -1.89. The summed E-state index contributed by atoms with van der Waals surface area (Å²) in [7, 11) is 0. The van der Waals surface area contributed by atoms with Gasteiger partial charge in [-0.15, -0.1) is 0 Å². The average molecular weight is 215 g/mol. The zero-order valence-electron chi connectivity index (χ0n) is 9.04. The van der Waals surface area contributed by atoms with E-state index in [0.29, 0.717) is 0 Å². The van der Waals surface area contributed by atoms with Gasteiger partial charge >= 0.3 is 5.97 Å². The van der Waals surface area contributed by atoms with Gasteiger partial charge in [-0.2, -0.15) is 0 Å². The molecule has 1 aliphatic carbocycles. The normalized spacial score (nSPS) is 21.5. The van der Waals surface area contributed by atoms with Crippen LogP contribution in [-0.4, -0.2) is 34.2 Å². The lowest BCUT2D eigenvalue weighted by Gasteiger charge is -2.20. The van der Waals surface area contributed by atoms with Gasteiger partial charge < -0.3 is 15.5 Å². The second-order valence-electron chi connectivity index (χ2n) is 4.40. The molecule has 0 saturated heterocycles. The van der Waals surface area contributed by atoms with Gasteiger partial charge in [0.1, 0.15) is 0 Å². The summed E-state index contributed by atoms with van der Waals surface area (Å²) in [5.41, 5.74) is -2.19. The first-order valence-electron chi connectivity index (χ1n) is 5.08. The van der Waals surface area contributed by atoms with Crippen molar-refractivity contribution in [3.8, 4) is 0 Å². The van der Waals surface area contributed by atoms with E-state index in [0.717, 1.165) is 19.3 Å². The van der Waals surface area contributed by atoms with Crippen LogP contribution in [0.15, 0.2) is 0 Å². The average Bonchev–Trinajstić information content (AvgIpc) is 2.94. The lowest BCUT2D eigenvalue weighted by atomic mass is 10.0. The second-order valence-corrected chi connectivity index (χ2v) is 4.40. The Balaban J connectivity index is 2.44. The van der Waals surface area contributed by atoms with Crippen LogP contribution in [0.5, 0.6) is 0 Å². The zero-order valence-corrected chi connectivity index (χ0v) is 9.04. The largest absolute Gasteiger partial charge is 0.479 e. The smallest absolute Gasteiger partial charge is 0.337 e. The Morgan fingerprint density at radius 1 is 1.47 bits per heavy atom. The van der Waals surface area contributed by atoms with Crippen LogP contribution >= 0.6 is 0 Å². The topological polar surface area (TPSA) is 86.6 Å². The molecule has 0 aromatic carbocycles. The fraction of sp³-hybridized carbons (Fsp3) is 0.800. The van der Waals surface area contributed by atoms with Gasteiger partial charge in [0.05, 0.1) is 6.54 Å². The zero-order chi connectivity index (χ0) is 11.7. The first-order chi connectivity index (χ1) is 6.84.